The zero-order chi connectivity index (χ0) is 18.5. The monoisotopic (exact) mass is 346 g/mol. The Kier molecular flexibility index (Phi) is 5.18. The summed E-state index contributed by atoms with van der Waals surface area (Å²) < 4.78 is 0. The fraction of sp³-hybridized carbons (Fsp3) is 1.00. The number of hydrogen-bond acceptors (Lipinski definition) is 0. The van der Waals surface area contributed by atoms with Crippen molar-refractivity contribution in [1.82, 2.24) is 0 Å². The Labute approximate surface area is 158 Å². The number of fused-ring (bicyclic) bond motifs is 7. The lowest BCUT2D eigenvalue weighted by Gasteiger charge is -2.58. The molecule has 0 radical (unpaired) electrons. The van der Waals surface area contributed by atoms with E-state index in [0.717, 1.165) is 17.8 Å². The average molecular weight is 347 g/mol. The van der Waals surface area contributed by atoms with E-state index >= 15 is 0 Å². The molecule has 0 aromatic carbocycles. The predicted molar refractivity (Wildman–Crippen MR) is 111 cm³/mol. The van der Waals surface area contributed by atoms with Crippen molar-refractivity contribution in [2.45, 2.75) is 119 Å². The molecule has 0 N–H and O–H groups in total. The van der Waals surface area contributed by atoms with Crippen molar-refractivity contribution in [3.63, 3.8) is 0 Å². The molecular weight excluding hydrogens is 300 g/mol. The maximum Gasteiger partial charge on any atom is -0.0212 e. The van der Waals surface area contributed by atoms with Crippen LogP contribution in [0.4, 0.5) is 0 Å². The summed E-state index contributed by atoms with van der Waals surface area (Å²) in [6.07, 6.45) is 16.3. The molecule has 3 aliphatic carbocycles. The van der Waals surface area contributed by atoms with E-state index in [9.17, 15) is 0 Å². The van der Waals surface area contributed by atoms with Gasteiger partial charge in [-0.05, 0) is 90.8 Å². The van der Waals surface area contributed by atoms with E-state index in [1.807, 2.05) is 0 Å². The van der Waals surface area contributed by atoms with Gasteiger partial charge in [0.25, 0.3) is 0 Å². The number of hydrogen-bond donors (Lipinski definition) is 0. The first-order valence-corrected chi connectivity index (χ1v) is 11.6. The van der Waals surface area contributed by atoms with Crippen molar-refractivity contribution in [2.75, 3.05) is 0 Å². The summed E-state index contributed by atoms with van der Waals surface area (Å²) in [7, 11) is 0. The second-order valence-electron chi connectivity index (χ2n) is 12.0. The normalized spacial score (nSPS) is 48.7. The van der Waals surface area contributed by atoms with Gasteiger partial charge in [-0.25, -0.2) is 0 Å². The highest BCUT2D eigenvalue weighted by Crippen LogP contribution is 2.72. The first kappa shape index (κ1) is 19.8. The quantitative estimate of drug-likeness (QED) is 0.480. The summed E-state index contributed by atoms with van der Waals surface area (Å²) >= 11 is 0. The van der Waals surface area contributed by atoms with Gasteiger partial charge in [0.15, 0.2) is 0 Å². The summed E-state index contributed by atoms with van der Waals surface area (Å²) in [5, 5.41) is 0. The molecular formula is C25H46. The fourth-order valence-electron chi connectivity index (χ4n) is 8.23. The average Bonchev–Trinajstić information content (AvgIpc) is 2.55. The first-order chi connectivity index (χ1) is 11.6. The van der Waals surface area contributed by atoms with E-state index in [1.165, 1.54) is 70.6 Å². The minimum absolute atomic E-state index is 0.575. The van der Waals surface area contributed by atoms with Crippen molar-refractivity contribution in [3.05, 3.63) is 0 Å². The third kappa shape index (κ3) is 3.02. The van der Waals surface area contributed by atoms with Gasteiger partial charge in [-0.1, -0.05) is 67.7 Å². The van der Waals surface area contributed by atoms with Crippen LogP contribution in [-0.4, -0.2) is 0 Å². The van der Waals surface area contributed by atoms with Gasteiger partial charge in [0.2, 0.25) is 0 Å². The number of rotatable bonds is 4. The summed E-state index contributed by atoms with van der Waals surface area (Å²) in [5.74, 6) is 2.69. The van der Waals surface area contributed by atoms with Gasteiger partial charge >= 0.3 is 0 Å². The lowest BCUT2D eigenvalue weighted by atomic mass is 9.46. The largest absolute Gasteiger partial charge is 0.0651 e. The second-order valence-corrected chi connectivity index (χ2v) is 12.0. The van der Waals surface area contributed by atoms with Crippen LogP contribution in [0.25, 0.3) is 0 Å². The molecule has 6 atom stereocenters. The molecule has 0 heterocycles. The van der Waals surface area contributed by atoms with E-state index in [2.05, 4.69) is 48.5 Å². The molecule has 0 nitrogen and oxygen atoms in total. The third-order valence-corrected chi connectivity index (χ3v) is 9.95. The molecule has 3 saturated carbocycles. The Bertz CT molecular complexity index is 478. The summed E-state index contributed by atoms with van der Waals surface area (Å²) in [4.78, 5) is 0. The minimum Gasteiger partial charge on any atom is -0.0651 e. The smallest absolute Gasteiger partial charge is 0.0212 e. The highest BCUT2D eigenvalue weighted by Gasteiger charge is 2.62. The zero-order valence-electron chi connectivity index (χ0n) is 18.5. The SMILES string of the molecule is CCC(CC(C)C)C12CCC(C)(CCC(C)C1)C1(C)CCCC2(C)C1. The van der Waals surface area contributed by atoms with Crippen LogP contribution in [0.15, 0.2) is 0 Å². The molecule has 0 heteroatoms. The van der Waals surface area contributed by atoms with Crippen LogP contribution in [-0.2, 0) is 0 Å². The van der Waals surface area contributed by atoms with Crippen LogP contribution in [0.2, 0.25) is 0 Å². The molecule has 25 heavy (non-hydrogen) atoms. The van der Waals surface area contributed by atoms with E-state index < -0.39 is 0 Å². The van der Waals surface area contributed by atoms with Crippen LogP contribution < -0.4 is 0 Å². The second kappa shape index (κ2) is 6.56. The lowest BCUT2D eigenvalue weighted by molar-refractivity contribution is -0.0873. The van der Waals surface area contributed by atoms with Crippen molar-refractivity contribution in [2.24, 2.45) is 39.4 Å². The molecule has 0 amide bonds. The van der Waals surface area contributed by atoms with E-state index in [-0.39, 0.29) is 0 Å². The summed E-state index contributed by atoms with van der Waals surface area (Å²) in [5.41, 5.74) is 2.35. The van der Waals surface area contributed by atoms with Crippen molar-refractivity contribution < 1.29 is 0 Å². The highest BCUT2D eigenvalue weighted by atomic mass is 14.7. The fourth-order valence-corrected chi connectivity index (χ4v) is 8.23. The summed E-state index contributed by atoms with van der Waals surface area (Å²) in [6, 6.07) is 0. The molecule has 0 aromatic rings. The lowest BCUT2D eigenvalue weighted by Crippen LogP contribution is -2.49. The van der Waals surface area contributed by atoms with Gasteiger partial charge in [-0.2, -0.15) is 0 Å². The summed E-state index contributed by atoms with van der Waals surface area (Å²) in [6.45, 7) is 18.1. The minimum atomic E-state index is 0.575. The third-order valence-electron chi connectivity index (χ3n) is 9.95. The topological polar surface area (TPSA) is 0 Å². The molecule has 3 aliphatic rings. The van der Waals surface area contributed by atoms with Gasteiger partial charge in [0.1, 0.15) is 0 Å². The van der Waals surface area contributed by atoms with Crippen molar-refractivity contribution in [1.29, 1.82) is 0 Å². The molecule has 6 unspecified atom stereocenters. The predicted octanol–water partition coefficient (Wildman–Crippen LogP) is 8.25. The Hall–Kier alpha value is 0. The maximum atomic E-state index is 2.75. The van der Waals surface area contributed by atoms with Gasteiger partial charge in [-0.3, -0.25) is 0 Å². The molecule has 0 spiro atoms. The first-order valence-electron chi connectivity index (χ1n) is 11.6. The standard InChI is InChI=1S/C25H46/c1-8-21(16-19(2)3)25-15-14-22(5,13-10-20(4)17-25)23(6)11-9-12-24(25,7)18-23/h19-21H,8-18H2,1-7H3. The van der Waals surface area contributed by atoms with Gasteiger partial charge in [-0.15, -0.1) is 0 Å². The maximum absolute atomic E-state index is 2.75. The van der Waals surface area contributed by atoms with Crippen molar-refractivity contribution >= 4 is 0 Å². The van der Waals surface area contributed by atoms with Crippen LogP contribution in [0.3, 0.4) is 0 Å². The van der Waals surface area contributed by atoms with Crippen LogP contribution in [0, 0.1) is 39.4 Å². The molecule has 0 aliphatic heterocycles. The van der Waals surface area contributed by atoms with Gasteiger partial charge < -0.3 is 0 Å². The molecule has 146 valence electrons. The van der Waals surface area contributed by atoms with Gasteiger partial charge in [0, 0.05) is 0 Å². The van der Waals surface area contributed by atoms with Gasteiger partial charge in [0.05, 0.1) is 0 Å². The Balaban J connectivity index is 2.13. The Morgan fingerprint density at radius 3 is 2.20 bits per heavy atom. The Morgan fingerprint density at radius 1 is 0.880 bits per heavy atom. The highest BCUT2D eigenvalue weighted by molar-refractivity contribution is 5.12. The molecule has 3 rings (SSSR count). The molecule has 0 saturated heterocycles. The Morgan fingerprint density at radius 2 is 1.56 bits per heavy atom. The van der Waals surface area contributed by atoms with Crippen molar-refractivity contribution in [3.8, 4) is 0 Å². The molecule has 3 fully saturated rings. The zero-order valence-corrected chi connectivity index (χ0v) is 18.5. The van der Waals surface area contributed by atoms with Crippen LogP contribution in [0.5, 0.6) is 0 Å². The molecule has 4 bridgehead atoms. The van der Waals surface area contributed by atoms with E-state index in [4.69, 9.17) is 0 Å². The molecule has 0 aromatic heterocycles. The van der Waals surface area contributed by atoms with E-state index in [0.29, 0.717) is 21.7 Å². The van der Waals surface area contributed by atoms with Crippen LogP contribution >= 0.6 is 0 Å². The van der Waals surface area contributed by atoms with Crippen LogP contribution in [0.1, 0.15) is 119 Å². The van der Waals surface area contributed by atoms with E-state index in [1.54, 1.807) is 0 Å².